The summed E-state index contributed by atoms with van der Waals surface area (Å²) in [5.74, 6) is 3.01. The second-order valence-electron chi connectivity index (χ2n) is 8.12. The number of para-hydroxylation sites is 1. The number of carbonyl (C=O) groups excluding carboxylic acids is 1. The van der Waals surface area contributed by atoms with E-state index in [1.54, 1.807) is 0 Å². The van der Waals surface area contributed by atoms with Gasteiger partial charge in [-0.3, -0.25) is 14.8 Å². The molecule has 1 aromatic carbocycles. The molecule has 0 spiro atoms. The number of aryl methyl sites for hydroxylation is 1. The van der Waals surface area contributed by atoms with Crippen molar-refractivity contribution in [2.75, 3.05) is 46.0 Å². The number of hydrogen-bond donors (Lipinski definition) is 1. The molecule has 2 aromatic rings. The van der Waals surface area contributed by atoms with E-state index >= 15 is 0 Å². The van der Waals surface area contributed by atoms with Crippen LogP contribution < -0.4 is 4.74 Å². The van der Waals surface area contributed by atoms with Gasteiger partial charge in [0, 0.05) is 39.4 Å². The summed E-state index contributed by atoms with van der Waals surface area (Å²) < 4.78 is 11.2. The predicted molar refractivity (Wildman–Crippen MR) is 112 cm³/mol. The van der Waals surface area contributed by atoms with Crippen LogP contribution in [0.3, 0.4) is 0 Å². The molecule has 0 radical (unpaired) electrons. The lowest BCUT2D eigenvalue weighted by atomic mass is 9.98. The highest BCUT2D eigenvalue weighted by molar-refractivity contribution is 5.77. The van der Waals surface area contributed by atoms with E-state index in [0.717, 1.165) is 63.0 Å². The Labute approximate surface area is 177 Å². The molecule has 1 amide bonds. The van der Waals surface area contributed by atoms with E-state index in [0.29, 0.717) is 19.0 Å². The Bertz CT molecular complexity index is 806. The minimum absolute atomic E-state index is 0.0247. The van der Waals surface area contributed by atoms with Crippen molar-refractivity contribution >= 4 is 5.91 Å². The molecule has 2 saturated heterocycles. The van der Waals surface area contributed by atoms with Crippen LogP contribution in [0.5, 0.6) is 5.75 Å². The van der Waals surface area contributed by atoms with Gasteiger partial charge in [0.25, 0.3) is 5.91 Å². The third kappa shape index (κ3) is 5.37. The van der Waals surface area contributed by atoms with E-state index in [1.165, 1.54) is 0 Å². The maximum absolute atomic E-state index is 12.8. The second-order valence-corrected chi connectivity index (χ2v) is 8.12. The second kappa shape index (κ2) is 10.0. The van der Waals surface area contributed by atoms with Gasteiger partial charge in [0.05, 0.1) is 6.04 Å². The molecule has 0 saturated carbocycles. The number of H-pyrrole nitrogens is 1. The fourth-order valence-electron chi connectivity index (χ4n) is 4.26. The summed E-state index contributed by atoms with van der Waals surface area (Å²) in [7, 11) is 0. The third-order valence-corrected chi connectivity index (χ3v) is 5.97. The molecular weight excluding hydrogens is 382 g/mol. The fraction of sp³-hybridized carbons (Fsp3) is 0.591. The standard InChI is InChI=1S/C22H31N5O3/c1-17-23-22(25-24-17)20-7-10-26(21(28)16-30-19-5-3-2-4-6-19)11-12-27(20)15-18-8-13-29-14-9-18/h2-6,18,20H,7-16H2,1H3,(H,23,24,25)/t20-/m0/s1. The van der Waals surface area contributed by atoms with Gasteiger partial charge in [-0.25, -0.2) is 4.98 Å². The normalized spacial score (nSPS) is 21.4. The average molecular weight is 414 g/mol. The zero-order chi connectivity index (χ0) is 20.8. The van der Waals surface area contributed by atoms with E-state index in [4.69, 9.17) is 9.47 Å². The summed E-state index contributed by atoms with van der Waals surface area (Å²) in [6.45, 7) is 6.84. The number of carbonyl (C=O) groups is 1. The summed E-state index contributed by atoms with van der Waals surface area (Å²) in [5, 5.41) is 7.41. The molecule has 8 nitrogen and oxygen atoms in total. The molecule has 1 N–H and O–H groups in total. The van der Waals surface area contributed by atoms with Crippen molar-refractivity contribution in [2.45, 2.75) is 32.2 Å². The van der Waals surface area contributed by atoms with Crippen LogP contribution in [0.4, 0.5) is 0 Å². The van der Waals surface area contributed by atoms with Crippen molar-refractivity contribution in [3.63, 3.8) is 0 Å². The predicted octanol–water partition coefficient (Wildman–Crippen LogP) is 2.19. The first-order valence-corrected chi connectivity index (χ1v) is 10.9. The van der Waals surface area contributed by atoms with Crippen molar-refractivity contribution in [1.82, 2.24) is 25.0 Å². The number of amides is 1. The quantitative estimate of drug-likeness (QED) is 0.782. The number of nitrogens with zero attached hydrogens (tertiary/aromatic N) is 4. The molecule has 4 rings (SSSR count). The monoisotopic (exact) mass is 413 g/mol. The summed E-state index contributed by atoms with van der Waals surface area (Å²) in [6, 6.07) is 9.60. The van der Waals surface area contributed by atoms with E-state index in [2.05, 4.69) is 20.1 Å². The van der Waals surface area contributed by atoms with Crippen molar-refractivity contribution in [3.05, 3.63) is 42.0 Å². The Balaban J connectivity index is 1.40. The largest absolute Gasteiger partial charge is 0.484 e. The number of aromatic amines is 1. The fourth-order valence-corrected chi connectivity index (χ4v) is 4.26. The Morgan fingerprint density at radius 3 is 2.70 bits per heavy atom. The molecule has 162 valence electrons. The van der Waals surface area contributed by atoms with Crippen LogP contribution in [-0.4, -0.2) is 76.9 Å². The number of hydrogen-bond acceptors (Lipinski definition) is 6. The molecule has 0 aliphatic carbocycles. The lowest BCUT2D eigenvalue weighted by Gasteiger charge is -2.32. The van der Waals surface area contributed by atoms with E-state index in [-0.39, 0.29) is 18.6 Å². The van der Waals surface area contributed by atoms with Gasteiger partial charge >= 0.3 is 0 Å². The molecular formula is C22H31N5O3. The van der Waals surface area contributed by atoms with Gasteiger partial charge in [-0.05, 0) is 44.2 Å². The van der Waals surface area contributed by atoms with Crippen LogP contribution in [0.1, 0.15) is 37.0 Å². The summed E-state index contributed by atoms with van der Waals surface area (Å²) in [5.41, 5.74) is 0. The van der Waals surface area contributed by atoms with E-state index in [9.17, 15) is 4.79 Å². The summed E-state index contributed by atoms with van der Waals surface area (Å²) in [4.78, 5) is 21.8. The maximum Gasteiger partial charge on any atom is 0.260 e. The minimum atomic E-state index is 0.0247. The van der Waals surface area contributed by atoms with Gasteiger partial charge in [-0.1, -0.05) is 18.2 Å². The van der Waals surface area contributed by atoms with Crippen molar-refractivity contribution < 1.29 is 14.3 Å². The van der Waals surface area contributed by atoms with Gasteiger partial charge in [-0.2, -0.15) is 5.10 Å². The number of nitrogens with one attached hydrogen (secondary N) is 1. The Kier molecular flexibility index (Phi) is 6.96. The summed E-state index contributed by atoms with van der Waals surface area (Å²) in [6.07, 6.45) is 2.99. The molecule has 2 aliphatic rings. The highest BCUT2D eigenvalue weighted by Gasteiger charge is 2.31. The van der Waals surface area contributed by atoms with Crippen molar-refractivity contribution in [2.24, 2.45) is 5.92 Å². The zero-order valence-corrected chi connectivity index (χ0v) is 17.6. The minimum Gasteiger partial charge on any atom is -0.484 e. The molecule has 1 atom stereocenters. The Morgan fingerprint density at radius 2 is 1.97 bits per heavy atom. The van der Waals surface area contributed by atoms with Crippen molar-refractivity contribution in [3.8, 4) is 5.75 Å². The highest BCUT2D eigenvalue weighted by atomic mass is 16.5. The van der Waals surface area contributed by atoms with Gasteiger partial charge in [-0.15, -0.1) is 0 Å². The lowest BCUT2D eigenvalue weighted by Crippen LogP contribution is -2.39. The number of ether oxygens (including phenoxy) is 2. The van der Waals surface area contributed by atoms with Crippen molar-refractivity contribution in [1.29, 1.82) is 0 Å². The molecule has 2 fully saturated rings. The molecule has 30 heavy (non-hydrogen) atoms. The topological polar surface area (TPSA) is 83.6 Å². The first-order chi connectivity index (χ1) is 14.7. The molecule has 0 bridgehead atoms. The van der Waals surface area contributed by atoms with Gasteiger partial charge in [0.15, 0.2) is 12.4 Å². The molecule has 8 heteroatoms. The van der Waals surface area contributed by atoms with Crippen LogP contribution in [-0.2, 0) is 9.53 Å². The first-order valence-electron chi connectivity index (χ1n) is 10.9. The summed E-state index contributed by atoms with van der Waals surface area (Å²) >= 11 is 0. The number of rotatable bonds is 6. The highest BCUT2D eigenvalue weighted by Crippen LogP contribution is 2.28. The van der Waals surface area contributed by atoms with Crippen LogP contribution in [0.25, 0.3) is 0 Å². The SMILES string of the molecule is Cc1nc([C@@H]2CCN(C(=O)COc3ccccc3)CCN2CC2CCOCC2)n[nH]1. The lowest BCUT2D eigenvalue weighted by molar-refractivity contribution is -0.133. The molecule has 1 aromatic heterocycles. The van der Waals surface area contributed by atoms with E-state index in [1.807, 2.05) is 42.2 Å². The molecule has 0 unspecified atom stereocenters. The Morgan fingerprint density at radius 1 is 1.17 bits per heavy atom. The molecule has 3 heterocycles. The van der Waals surface area contributed by atoms with E-state index < -0.39 is 0 Å². The first kappa shape index (κ1) is 20.8. The maximum atomic E-state index is 12.8. The van der Waals surface area contributed by atoms with Crippen LogP contribution in [0.2, 0.25) is 0 Å². The Hall–Kier alpha value is -2.45. The molecule has 2 aliphatic heterocycles. The van der Waals surface area contributed by atoms with Crippen LogP contribution in [0.15, 0.2) is 30.3 Å². The number of aromatic nitrogens is 3. The average Bonchev–Trinajstić information content (AvgIpc) is 3.10. The van der Waals surface area contributed by atoms with Crippen LogP contribution in [0, 0.1) is 12.8 Å². The van der Waals surface area contributed by atoms with Gasteiger partial charge in [0.1, 0.15) is 11.6 Å². The number of benzene rings is 1. The third-order valence-electron chi connectivity index (χ3n) is 5.97. The van der Waals surface area contributed by atoms with Gasteiger partial charge < -0.3 is 14.4 Å². The smallest absolute Gasteiger partial charge is 0.260 e. The van der Waals surface area contributed by atoms with Crippen LogP contribution >= 0.6 is 0 Å². The van der Waals surface area contributed by atoms with Gasteiger partial charge in [0.2, 0.25) is 0 Å². The zero-order valence-electron chi connectivity index (χ0n) is 17.6.